The van der Waals surface area contributed by atoms with E-state index in [1.807, 2.05) is 42.5 Å². The second-order valence-corrected chi connectivity index (χ2v) is 8.50. The van der Waals surface area contributed by atoms with Gasteiger partial charge in [0.25, 0.3) is 5.91 Å². The minimum atomic E-state index is -0.121. The SMILES string of the molecule is CC1CN(Cc2ccc(C(=O)Nc3cc(Br)ccc3Br)cc2)CC(C)O1. The van der Waals surface area contributed by atoms with Crippen LogP contribution in [0.3, 0.4) is 0 Å². The summed E-state index contributed by atoms with van der Waals surface area (Å²) in [7, 11) is 0. The molecule has 2 aromatic rings. The molecule has 1 heterocycles. The van der Waals surface area contributed by atoms with Crippen molar-refractivity contribution in [1.29, 1.82) is 0 Å². The van der Waals surface area contributed by atoms with Gasteiger partial charge in [0.1, 0.15) is 0 Å². The highest BCUT2D eigenvalue weighted by molar-refractivity contribution is 9.11. The van der Waals surface area contributed by atoms with Gasteiger partial charge in [-0.05, 0) is 65.7 Å². The van der Waals surface area contributed by atoms with Gasteiger partial charge in [0.05, 0.1) is 17.9 Å². The third-order valence-electron chi connectivity index (χ3n) is 4.29. The Kier molecular flexibility index (Phi) is 6.51. The first-order chi connectivity index (χ1) is 12.4. The van der Waals surface area contributed by atoms with Crippen LogP contribution in [0.4, 0.5) is 5.69 Å². The topological polar surface area (TPSA) is 41.6 Å². The summed E-state index contributed by atoms with van der Waals surface area (Å²) < 4.78 is 7.54. The van der Waals surface area contributed by atoms with Gasteiger partial charge in [-0.25, -0.2) is 0 Å². The van der Waals surface area contributed by atoms with E-state index in [4.69, 9.17) is 4.74 Å². The van der Waals surface area contributed by atoms with Crippen LogP contribution >= 0.6 is 31.9 Å². The largest absolute Gasteiger partial charge is 0.373 e. The molecule has 4 nitrogen and oxygen atoms in total. The summed E-state index contributed by atoms with van der Waals surface area (Å²) in [6.45, 7) is 6.95. The summed E-state index contributed by atoms with van der Waals surface area (Å²) in [6, 6.07) is 13.5. The van der Waals surface area contributed by atoms with E-state index in [1.54, 1.807) is 0 Å². The minimum Gasteiger partial charge on any atom is -0.373 e. The number of morpholine rings is 1. The van der Waals surface area contributed by atoms with E-state index in [9.17, 15) is 4.79 Å². The average Bonchev–Trinajstić information content (AvgIpc) is 2.58. The molecule has 1 saturated heterocycles. The Balaban J connectivity index is 1.63. The number of hydrogen-bond donors (Lipinski definition) is 1. The molecule has 1 N–H and O–H groups in total. The van der Waals surface area contributed by atoms with Crippen molar-refractivity contribution < 1.29 is 9.53 Å². The van der Waals surface area contributed by atoms with Crippen LogP contribution in [0, 0.1) is 0 Å². The molecule has 0 aliphatic carbocycles. The van der Waals surface area contributed by atoms with Crippen molar-refractivity contribution >= 4 is 43.5 Å². The van der Waals surface area contributed by atoms with E-state index in [0.29, 0.717) is 5.56 Å². The van der Waals surface area contributed by atoms with Gasteiger partial charge in [-0.15, -0.1) is 0 Å². The molecule has 0 bridgehead atoms. The number of halogens is 2. The molecule has 138 valence electrons. The fraction of sp³-hybridized carbons (Fsp3) is 0.350. The van der Waals surface area contributed by atoms with Gasteiger partial charge in [-0.2, -0.15) is 0 Å². The summed E-state index contributed by atoms with van der Waals surface area (Å²) in [5.74, 6) is -0.121. The zero-order valence-corrected chi connectivity index (χ0v) is 18.0. The number of rotatable bonds is 4. The number of ether oxygens (including phenoxy) is 1. The van der Waals surface area contributed by atoms with Crippen molar-refractivity contribution in [2.75, 3.05) is 18.4 Å². The fourth-order valence-electron chi connectivity index (χ4n) is 3.22. The summed E-state index contributed by atoms with van der Waals surface area (Å²) in [5, 5.41) is 2.94. The Hall–Kier alpha value is -1.21. The molecule has 1 fully saturated rings. The molecule has 3 rings (SSSR count). The van der Waals surface area contributed by atoms with Gasteiger partial charge in [0.15, 0.2) is 0 Å². The average molecular weight is 482 g/mol. The van der Waals surface area contributed by atoms with Gasteiger partial charge in [0, 0.05) is 34.1 Å². The lowest BCUT2D eigenvalue weighted by Crippen LogP contribution is -2.44. The van der Waals surface area contributed by atoms with Crippen molar-refractivity contribution in [2.24, 2.45) is 0 Å². The lowest BCUT2D eigenvalue weighted by atomic mass is 10.1. The highest BCUT2D eigenvalue weighted by Gasteiger charge is 2.22. The van der Waals surface area contributed by atoms with E-state index < -0.39 is 0 Å². The predicted octanol–water partition coefficient (Wildman–Crippen LogP) is 5.07. The Morgan fingerprint density at radius 3 is 2.42 bits per heavy atom. The summed E-state index contributed by atoms with van der Waals surface area (Å²) in [6.07, 6.45) is 0.514. The molecule has 2 atom stereocenters. The molecule has 0 radical (unpaired) electrons. The predicted molar refractivity (Wildman–Crippen MR) is 112 cm³/mol. The normalized spacial score (nSPS) is 20.8. The lowest BCUT2D eigenvalue weighted by Gasteiger charge is -2.35. The van der Waals surface area contributed by atoms with Crippen LogP contribution in [-0.4, -0.2) is 36.1 Å². The summed E-state index contributed by atoms with van der Waals surface area (Å²) in [5.41, 5.74) is 2.58. The van der Waals surface area contributed by atoms with Crippen LogP contribution in [0.2, 0.25) is 0 Å². The zero-order chi connectivity index (χ0) is 18.7. The Morgan fingerprint density at radius 1 is 1.12 bits per heavy atom. The number of nitrogens with zero attached hydrogens (tertiary/aromatic N) is 1. The number of hydrogen-bond acceptors (Lipinski definition) is 3. The molecular weight excluding hydrogens is 460 g/mol. The zero-order valence-electron chi connectivity index (χ0n) is 14.8. The first-order valence-corrected chi connectivity index (χ1v) is 10.2. The van der Waals surface area contributed by atoms with Crippen LogP contribution < -0.4 is 5.32 Å². The third-order valence-corrected chi connectivity index (χ3v) is 5.48. The number of carbonyl (C=O) groups is 1. The van der Waals surface area contributed by atoms with Crippen molar-refractivity contribution in [1.82, 2.24) is 4.90 Å². The van der Waals surface area contributed by atoms with E-state index in [2.05, 4.69) is 55.9 Å². The van der Waals surface area contributed by atoms with Crippen LogP contribution in [0.5, 0.6) is 0 Å². The summed E-state index contributed by atoms with van der Waals surface area (Å²) >= 11 is 6.88. The quantitative estimate of drug-likeness (QED) is 0.662. The van der Waals surface area contributed by atoms with Crippen molar-refractivity contribution in [3.8, 4) is 0 Å². The fourth-order valence-corrected chi connectivity index (χ4v) is 3.93. The maximum Gasteiger partial charge on any atom is 0.255 e. The van der Waals surface area contributed by atoms with Crippen LogP contribution in [-0.2, 0) is 11.3 Å². The van der Waals surface area contributed by atoms with Crippen molar-refractivity contribution in [3.05, 3.63) is 62.5 Å². The Labute approximate surface area is 171 Å². The Morgan fingerprint density at radius 2 is 1.77 bits per heavy atom. The number of amides is 1. The third kappa shape index (κ3) is 5.16. The van der Waals surface area contributed by atoms with Gasteiger partial charge < -0.3 is 10.1 Å². The molecule has 1 aliphatic heterocycles. The molecule has 0 aromatic heterocycles. The molecule has 0 spiro atoms. The van der Waals surface area contributed by atoms with Crippen LogP contribution in [0.15, 0.2) is 51.4 Å². The standard InChI is InChI=1S/C20H22Br2N2O2/c1-13-10-24(11-14(2)26-13)12-15-3-5-16(6-4-15)20(25)23-19-9-17(21)7-8-18(19)22/h3-9,13-14H,10-12H2,1-2H3,(H,23,25). The first-order valence-electron chi connectivity index (χ1n) is 8.64. The summed E-state index contributed by atoms with van der Waals surface area (Å²) in [4.78, 5) is 14.9. The highest BCUT2D eigenvalue weighted by Crippen LogP contribution is 2.26. The molecular formula is C20H22Br2N2O2. The van der Waals surface area contributed by atoms with Gasteiger partial charge in [0.2, 0.25) is 0 Å². The molecule has 1 amide bonds. The molecule has 0 saturated carbocycles. The van der Waals surface area contributed by atoms with Gasteiger partial charge in [-0.1, -0.05) is 28.1 Å². The van der Waals surface area contributed by atoms with E-state index >= 15 is 0 Å². The second kappa shape index (κ2) is 8.65. The molecule has 2 unspecified atom stereocenters. The van der Waals surface area contributed by atoms with E-state index in [-0.39, 0.29) is 18.1 Å². The highest BCUT2D eigenvalue weighted by atomic mass is 79.9. The number of nitrogens with one attached hydrogen (secondary N) is 1. The van der Waals surface area contributed by atoms with Gasteiger partial charge in [-0.3, -0.25) is 9.69 Å². The monoisotopic (exact) mass is 480 g/mol. The van der Waals surface area contributed by atoms with Gasteiger partial charge >= 0.3 is 0 Å². The maximum atomic E-state index is 12.5. The first kappa shape index (κ1) is 19.5. The lowest BCUT2D eigenvalue weighted by molar-refractivity contribution is -0.0704. The molecule has 6 heteroatoms. The smallest absolute Gasteiger partial charge is 0.255 e. The minimum absolute atomic E-state index is 0.121. The van der Waals surface area contributed by atoms with Crippen molar-refractivity contribution in [3.63, 3.8) is 0 Å². The Bertz CT molecular complexity index is 770. The second-order valence-electron chi connectivity index (χ2n) is 6.73. The van der Waals surface area contributed by atoms with E-state index in [0.717, 1.165) is 34.3 Å². The molecule has 2 aromatic carbocycles. The van der Waals surface area contributed by atoms with Crippen LogP contribution in [0.1, 0.15) is 29.8 Å². The van der Waals surface area contributed by atoms with Crippen molar-refractivity contribution in [2.45, 2.75) is 32.6 Å². The number of anilines is 1. The molecule has 1 aliphatic rings. The maximum absolute atomic E-state index is 12.5. The van der Waals surface area contributed by atoms with Crippen LogP contribution in [0.25, 0.3) is 0 Å². The van der Waals surface area contributed by atoms with E-state index in [1.165, 1.54) is 5.56 Å². The number of carbonyl (C=O) groups excluding carboxylic acids is 1. The molecule has 26 heavy (non-hydrogen) atoms. The number of benzene rings is 2.